The normalized spacial score (nSPS) is 21.7. The van der Waals surface area contributed by atoms with Gasteiger partial charge in [0, 0.05) is 30.1 Å². The van der Waals surface area contributed by atoms with Crippen LogP contribution in [0.25, 0.3) is 0 Å². The number of amides is 1. The summed E-state index contributed by atoms with van der Waals surface area (Å²) in [6.45, 7) is 2.02. The molecule has 0 aromatic heterocycles. The predicted molar refractivity (Wildman–Crippen MR) is 75.0 cm³/mol. The molecule has 0 bridgehead atoms. The van der Waals surface area contributed by atoms with Gasteiger partial charge in [0.05, 0.1) is 4.92 Å². The van der Waals surface area contributed by atoms with Crippen molar-refractivity contribution in [2.24, 2.45) is 11.7 Å². The van der Waals surface area contributed by atoms with E-state index in [2.05, 4.69) is 5.32 Å². The minimum atomic E-state index is -0.406. The van der Waals surface area contributed by atoms with E-state index < -0.39 is 4.92 Å². The number of benzene rings is 1. The second kappa shape index (κ2) is 6.00. The fourth-order valence-electron chi connectivity index (χ4n) is 2.64. The first-order chi connectivity index (χ1) is 9.49. The van der Waals surface area contributed by atoms with Crippen LogP contribution in [0.5, 0.6) is 0 Å². The van der Waals surface area contributed by atoms with Crippen LogP contribution in [0.4, 0.5) is 5.69 Å². The van der Waals surface area contributed by atoms with Crippen LogP contribution in [0.15, 0.2) is 18.2 Å². The minimum Gasteiger partial charge on any atom is -0.352 e. The predicted octanol–water partition coefficient (Wildman–Crippen LogP) is 1.65. The van der Waals surface area contributed by atoms with E-state index >= 15 is 0 Å². The molecule has 1 aliphatic rings. The Balaban J connectivity index is 1.99. The molecule has 20 heavy (non-hydrogen) atoms. The van der Waals surface area contributed by atoms with Crippen LogP contribution in [0, 0.1) is 23.0 Å². The van der Waals surface area contributed by atoms with Crippen molar-refractivity contribution in [3.05, 3.63) is 39.4 Å². The average Bonchev–Trinajstić information content (AvgIpc) is 2.83. The fraction of sp³-hybridized carbons (Fsp3) is 0.500. The number of hydrogen-bond acceptors (Lipinski definition) is 4. The van der Waals surface area contributed by atoms with Gasteiger partial charge in [-0.15, -0.1) is 0 Å². The molecule has 108 valence electrons. The van der Waals surface area contributed by atoms with Crippen LogP contribution >= 0.6 is 0 Å². The Morgan fingerprint density at radius 3 is 2.85 bits per heavy atom. The van der Waals surface area contributed by atoms with E-state index in [0.29, 0.717) is 12.1 Å². The first-order valence-corrected chi connectivity index (χ1v) is 6.75. The molecular weight excluding hydrogens is 258 g/mol. The maximum Gasteiger partial charge on any atom is 0.272 e. The molecule has 2 unspecified atom stereocenters. The summed E-state index contributed by atoms with van der Waals surface area (Å²) in [7, 11) is 0. The molecule has 1 amide bonds. The number of carbonyl (C=O) groups excluding carboxylic acids is 1. The molecular formula is C14H19N3O3. The van der Waals surface area contributed by atoms with Crippen molar-refractivity contribution in [2.45, 2.75) is 38.8 Å². The molecule has 1 saturated carbocycles. The third kappa shape index (κ3) is 3.14. The number of nitrogens with two attached hydrogens (primary N) is 1. The highest BCUT2D eigenvalue weighted by Gasteiger charge is 2.27. The number of nitro groups is 1. The Kier molecular flexibility index (Phi) is 4.34. The smallest absolute Gasteiger partial charge is 0.272 e. The Morgan fingerprint density at radius 1 is 1.50 bits per heavy atom. The summed E-state index contributed by atoms with van der Waals surface area (Å²) in [6.07, 6.45) is 2.43. The van der Waals surface area contributed by atoms with E-state index in [1.807, 2.05) is 0 Å². The highest BCUT2D eigenvalue weighted by atomic mass is 16.6. The Labute approximate surface area is 117 Å². The lowest BCUT2D eigenvalue weighted by molar-refractivity contribution is -0.385. The zero-order chi connectivity index (χ0) is 14.7. The van der Waals surface area contributed by atoms with Crippen molar-refractivity contribution < 1.29 is 9.72 Å². The summed E-state index contributed by atoms with van der Waals surface area (Å²) in [5.74, 6) is -0.0344. The van der Waals surface area contributed by atoms with Gasteiger partial charge in [-0.05, 0) is 31.7 Å². The van der Waals surface area contributed by atoms with Gasteiger partial charge in [0.15, 0.2) is 0 Å². The van der Waals surface area contributed by atoms with Crippen LogP contribution < -0.4 is 11.1 Å². The molecule has 1 aromatic carbocycles. The molecule has 6 heteroatoms. The molecule has 1 aliphatic carbocycles. The summed E-state index contributed by atoms with van der Waals surface area (Å²) in [4.78, 5) is 22.4. The summed E-state index contributed by atoms with van der Waals surface area (Å²) < 4.78 is 0. The monoisotopic (exact) mass is 277 g/mol. The van der Waals surface area contributed by atoms with Gasteiger partial charge >= 0.3 is 0 Å². The summed E-state index contributed by atoms with van der Waals surface area (Å²) in [5.41, 5.74) is 7.25. The maximum atomic E-state index is 12.0. The highest BCUT2D eigenvalue weighted by molar-refractivity contribution is 5.79. The summed E-state index contributed by atoms with van der Waals surface area (Å²) in [6, 6.07) is 5.02. The third-order valence-corrected chi connectivity index (χ3v) is 3.91. The molecule has 6 nitrogen and oxygen atoms in total. The van der Waals surface area contributed by atoms with Crippen molar-refractivity contribution in [1.82, 2.24) is 5.32 Å². The summed E-state index contributed by atoms with van der Waals surface area (Å²) >= 11 is 0. The number of hydrogen-bond donors (Lipinski definition) is 2. The highest BCUT2D eigenvalue weighted by Crippen LogP contribution is 2.25. The van der Waals surface area contributed by atoms with Gasteiger partial charge in [-0.2, -0.15) is 0 Å². The van der Waals surface area contributed by atoms with E-state index in [1.54, 1.807) is 19.1 Å². The molecule has 1 aromatic rings. The first-order valence-electron chi connectivity index (χ1n) is 6.75. The lowest BCUT2D eigenvalue weighted by Crippen LogP contribution is -2.30. The van der Waals surface area contributed by atoms with Crippen molar-refractivity contribution in [3.63, 3.8) is 0 Å². The molecule has 3 N–H and O–H groups in total. The van der Waals surface area contributed by atoms with Crippen LogP contribution in [0.1, 0.15) is 30.4 Å². The van der Waals surface area contributed by atoms with Gasteiger partial charge in [0.25, 0.3) is 5.69 Å². The van der Waals surface area contributed by atoms with E-state index in [0.717, 1.165) is 24.8 Å². The van der Waals surface area contributed by atoms with Gasteiger partial charge in [-0.25, -0.2) is 0 Å². The van der Waals surface area contributed by atoms with E-state index in [1.165, 1.54) is 6.07 Å². The molecule has 2 rings (SSSR count). The minimum absolute atomic E-state index is 0.0103. The molecule has 0 aliphatic heterocycles. The van der Waals surface area contributed by atoms with Gasteiger partial charge in [-0.1, -0.05) is 12.1 Å². The molecule has 0 spiro atoms. The topological polar surface area (TPSA) is 98.3 Å². The van der Waals surface area contributed by atoms with E-state index in [-0.39, 0.29) is 23.6 Å². The largest absolute Gasteiger partial charge is 0.352 e. The lowest BCUT2D eigenvalue weighted by atomic mass is 10.0. The third-order valence-electron chi connectivity index (χ3n) is 3.91. The van der Waals surface area contributed by atoms with Gasteiger partial charge in [-0.3, -0.25) is 14.9 Å². The van der Waals surface area contributed by atoms with Gasteiger partial charge in [0.2, 0.25) is 5.91 Å². The van der Waals surface area contributed by atoms with Crippen molar-refractivity contribution in [2.75, 3.05) is 0 Å². The Hall–Kier alpha value is -1.95. The quantitative estimate of drug-likeness (QED) is 0.645. The fourth-order valence-corrected chi connectivity index (χ4v) is 2.64. The number of nitro benzene ring substituents is 1. The van der Waals surface area contributed by atoms with Gasteiger partial charge < -0.3 is 11.1 Å². The van der Waals surface area contributed by atoms with Crippen molar-refractivity contribution in [3.8, 4) is 0 Å². The molecule has 0 radical (unpaired) electrons. The summed E-state index contributed by atoms with van der Waals surface area (Å²) in [5, 5.41) is 13.7. The first kappa shape index (κ1) is 14.5. The Bertz CT molecular complexity index is 530. The van der Waals surface area contributed by atoms with Crippen LogP contribution in [-0.2, 0) is 11.3 Å². The SMILES string of the molecule is Cc1c(CNC(=O)C2CCC(N)C2)cccc1[N+](=O)[O-]. The van der Waals surface area contributed by atoms with Crippen LogP contribution in [0.3, 0.4) is 0 Å². The van der Waals surface area contributed by atoms with Crippen molar-refractivity contribution >= 4 is 11.6 Å². The average molecular weight is 277 g/mol. The molecule has 0 saturated heterocycles. The zero-order valence-corrected chi connectivity index (χ0v) is 11.5. The second-order valence-electron chi connectivity index (χ2n) is 5.31. The standard InChI is InChI=1S/C14H19N3O3/c1-9-11(3-2-4-13(9)17(19)20)8-16-14(18)10-5-6-12(15)7-10/h2-4,10,12H,5-8,15H2,1H3,(H,16,18). The molecule has 0 heterocycles. The maximum absolute atomic E-state index is 12.0. The molecule has 2 atom stereocenters. The number of rotatable bonds is 4. The van der Waals surface area contributed by atoms with E-state index in [9.17, 15) is 14.9 Å². The van der Waals surface area contributed by atoms with Crippen molar-refractivity contribution in [1.29, 1.82) is 0 Å². The zero-order valence-electron chi connectivity index (χ0n) is 11.5. The number of nitrogens with zero attached hydrogens (tertiary/aromatic N) is 1. The van der Waals surface area contributed by atoms with Crippen LogP contribution in [0.2, 0.25) is 0 Å². The number of carbonyl (C=O) groups is 1. The molecule has 1 fully saturated rings. The number of nitrogens with one attached hydrogen (secondary N) is 1. The van der Waals surface area contributed by atoms with E-state index in [4.69, 9.17) is 5.73 Å². The van der Waals surface area contributed by atoms with Crippen LogP contribution in [-0.4, -0.2) is 16.9 Å². The Morgan fingerprint density at radius 2 is 2.25 bits per heavy atom. The lowest BCUT2D eigenvalue weighted by Gasteiger charge is -2.12. The van der Waals surface area contributed by atoms with Gasteiger partial charge in [0.1, 0.15) is 0 Å². The second-order valence-corrected chi connectivity index (χ2v) is 5.31.